The van der Waals surface area contributed by atoms with Crippen molar-refractivity contribution in [1.82, 2.24) is 14.8 Å². The summed E-state index contributed by atoms with van der Waals surface area (Å²) in [6.07, 6.45) is 0.616. The fourth-order valence-electron chi connectivity index (χ4n) is 3.91. The van der Waals surface area contributed by atoms with Gasteiger partial charge in [-0.25, -0.2) is 4.79 Å². The molecular formula is C20H20BrN3O3S. The summed E-state index contributed by atoms with van der Waals surface area (Å²) in [5.74, 6) is 0.892. The minimum atomic E-state index is -0.823. The van der Waals surface area contributed by atoms with Crippen molar-refractivity contribution in [1.29, 1.82) is 0 Å². The number of benzene rings is 1. The molecule has 3 amide bonds. The average molecular weight is 462 g/mol. The third-order valence-corrected chi connectivity index (χ3v) is 7.10. The van der Waals surface area contributed by atoms with Gasteiger partial charge in [0, 0.05) is 32.9 Å². The van der Waals surface area contributed by atoms with Crippen molar-refractivity contribution < 1.29 is 14.4 Å². The number of Topliss-reactive ketones (excluding diaryl/α,β-unsaturated/α-hetero) is 1. The highest BCUT2D eigenvalue weighted by atomic mass is 79.9. The molecule has 28 heavy (non-hydrogen) atoms. The van der Waals surface area contributed by atoms with E-state index in [4.69, 9.17) is 0 Å². The maximum absolute atomic E-state index is 13.0. The number of aromatic nitrogens is 1. The van der Waals surface area contributed by atoms with Crippen LogP contribution in [0.25, 0.3) is 5.69 Å². The second kappa shape index (κ2) is 7.08. The summed E-state index contributed by atoms with van der Waals surface area (Å²) < 4.78 is 2.98. The van der Waals surface area contributed by atoms with Crippen LogP contribution in [0.3, 0.4) is 0 Å². The number of urea groups is 1. The molecule has 1 atom stereocenters. The number of nitrogens with zero attached hydrogens (tertiary/aromatic N) is 2. The molecule has 1 unspecified atom stereocenters. The van der Waals surface area contributed by atoms with E-state index < -0.39 is 11.6 Å². The summed E-state index contributed by atoms with van der Waals surface area (Å²) in [5, 5.41) is 2.80. The number of hydrogen-bond donors (Lipinski definition) is 1. The van der Waals surface area contributed by atoms with Gasteiger partial charge in [0.25, 0.3) is 5.91 Å². The van der Waals surface area contributed by atoms with Crippen LogP contribution in [-0.4, -0.2) is 50.8 Å². The van der Waals surface area contributed by atoms with Gasteiger partial charge >= 0.3 is 6.03 Å². The molecule has 4 rings (SSSR count). The Morgan fingerprint density at radius 2 is 1.96 bits per heavy atom. The Bertz CT molecular complexity index is 977. The molecule has 0 saturated carbocycles. The molecule has 2 aromatic rings. The number of carbonyl (C=O) groups excluding carboxylic acids is 3. The summed E-state index contributed by atoms with van der Waals surface area (Å²) >= 11 is 5.07. The van der Waals surface area contributed by atoms with Crippen LogP contribution in [0.15, 0.2) is 34.8 Å². The van der Waals surface area contributed by atoms with Crippen LogP contribution in [0.5, 0.6) is 0 Å². The van der Waals surface area contributed by atoms with Crippen molar-refractivity contribution in [3.63, 3.8) is 0 Å². The molecule has 1 aromatic heterocycles. The number of thioether (sulfide) groups is 1. The van der Waals surface area contributed by atoms with Gasteiger partial charge in [0.2, 0.25) is 0 Å². The quantitative estimate of drug-likeness (QED) is 0.558. The van der Waals surface area contributed by atoms with E-state index in [-0.39, 0.29) is 18.2 Å². The Balaban J connectivity index is 1.59. The highest BCUT2D eigenvalue weighted by Gasteiger charge is 2.53. The Morgan fingerprint density at radius 3 is 2.61 bits per heavy atom. The molecule has 6 nitrogen and oxygen atoms in total. The predicted molar refractivity (Wildman–Crippen MR) is 112 cm³/mol. The molecule has 2 aliphatic heterocycles. The van der Waals surface area contributed by atoms with Gasteiger partial charge in [0.15, 0.2) is 5.78 Å². The average Bonchev–Trinajstić information content (AvgIpc) is 3.30. The van der Waals surface area contributed by atoms with Crippen LogP contribution >= 0.6 is 27.7 Å². The Hall–Kier alpha value is -2.06. The second-order valence-electron chi connectivity index (χ2n) is 7.23. The normalized spacial score (nSPS) is 21.6. The third-order valence-electron chi connectivity index (χ3n) is 5.39. The highest BCUT2D eigenvalue weighted by Crippen LogP contribution is 2.33. The van der Waals surface area contributed by atoms with Crippen molar-refractivity contribution >= 4 is 45.4 Å². The van der Waals surface area contributed by atoms with Crippen molar-refractivity contribution in [2.45, 2.75) is 25.8 Å². The first-order valence-electron chi connectivity index (χ1n) is 9.02. The molecule has 8 heteroatoms. The lowest BCUT2D eigenvalue weighted by atomic mass is 9.99. The lowest BCUT2D eigenvalue weighted by Gasteiger charge is -2.19. The van der Waals surface area contributed by atoms with E-state index in [0.717, 1.165) is 32.2 Å². The largest absolute Gasteiger partial charge is 0.325 e. The van der Waals surface area contributed by atoms with Crippen LogP contribution in [-0.2, 0) is 4.79 Å². The lowest BCUT2D eigenvalue weighted by Crippen LogP contribution is -2.47. The molecule has 2 saturated heterocycles. The summed E-state index contributed by atoms with van der Waals surface area (Å²) in [6.45, 7) is 3.58. The molecular weight excluding hydrogens is 442 g/mol. The molecule has 1 spiro atoms. The number of hydrogen-bond acceptors (Lipinski definition) is 4. The van der Waals surface area contributed by atoms with Crippen LogP contribution in [0.2, 0.25) is 0 Å². The molecule has 0 radical (unpaired) electrons. The molecule has 0 aliphatic carbocycles. The standard InChI is InChI=1S/C20H20BrN3O3S/c1-12-9-16(13(2)24(12)15-5-3-14(21)4-6-15)17(25)10-23-18(26)20(22-19(23)27)7-8-28-11-20/h3-6,9H,7-8,10-11H2,1-2H3,(H,22,27). The van der Waals surface area contributed by atoms with E-state index in [1.54, 1.807) is 11.8 Å². The number of nitrogens with one attached hydrogen (secondary N) is 1. The zero-order valence-corrected chi connectivity index (χ0v) is 18.0. The third kappa shape index (κ3) is 3.08. The second-order valence-corrected chi connectivity index (χ2v) is 9.25. The summed E-state index contributed by atoms with van der Waals surface area (Å²) in [6, 6.07) is 9.18. The fraction of sp³-hybridized carbons (Fsp3) is 0.350. The van der Waals surface area contributed by atoms with E-state index in [0.29, 0.717) is 17.7 Å². The predicted octanol–water partition coefficient (Wildman–Crippen LogP) is 3.47. The van der Waals surface area contributed by atoms with Crippen molar-refractivity contribution in [2.24, 2.45) is 0 Å². The van der Waals surface area contributed by atoms with Crippen LogP contribution in [0, 0.1) is 13.8 Å². The monoisotopic (exact) mass is 461 g/mol. The number of ketones is 1. The Labute approximate surface area is 175 Å². The van der Waals surface area contributed by atoms with Crippen LogP contribution < -0.4 is 5.32 Å². The van der Waals surface area contributed by atoms with Gasteiger partial charge in [0.1, 0.15) is 5.54 Å². The fourth-order valence-corrected chi connectivity index (χ4v) is 5.50. The number of carbonyl (C=O) groups is 3. The number of rotatable bonds is 4. The van der Waals surface area contributed by atoms with E-state index in [1.807, 2.05) is 48.7 Å². The van der Waals surface area contributed by atoms with Gasteiger partial charge in [-0.05, 0) is 56.4 Å². The summed E-state index contributed by atoms with van der Waals surface area (Å²) in [7, 11) is 0. The van der Waals surface area contributed by atoms with E-state index >= 15 is 0 Å². The maximum atomic E-state index is 13.0. The molecule has 1 N–H and O–H groups in total. The van der Waals surface area contributed by atoms with Gasteiger partial charge in [-0.15, -0.1) is 0 Å². The van der Waals surface area contributed by atoms with Crippen molar-refractivity contribution in [3.8, 4) is 5.69 Å². The zero-order chi connectivity index (χ0) is 20.1. The highest BCUT2D eigenvalue weighted by molar-refractivity contribution is 9.10. The summed E-state index contributed by atoms with van der Waals surface area (Å²) in [4.78, 5) is 39.2. The minimum Gasteiger partial charge on any atom is -0.322 e. The first-order chi connectivity index (χ1) is 13.3. The molecule has 3 heterocycles. The summed E-state index contributed by atoms with van der Waals surface area (Å²) in [5.41, 5.74) is 2.38. The number of imide groups is 1. The van der Waals surface area contributed by atoms with E-state index in [1.165, 1.54) is 0 Å². The maximum Gasteiger partial charge on any atom is 0.325 e. The van der Waals surface area contributed by atoms with E-state index in [9.17, 15) is 14.4 Å². The smallest absolute Gasteiger partial charge is 0.322 e. The zero-order valence-electron chi connectivity index (χ0n) is 15.6. The molecule has 1 aromatic carbocycles. The van der Waals surface area contributed by atoms with Crippen LogP contribution in [0.1, 0.15) is 28.2 Å². The lowest BCUT2D eigenvalue weighted by molar-refractivity contribution is -0.130. The molecule has 2 aliphatic rings. The number of aryl methyl sites for hydroxylation is 1. The SMILES string of the molecule is Cc1cc(C(=O)CN2C(=O)NC3(CCSC3)C2=O)c(C)n1-c1ccc(Br)cc1. The molecule has 2 fully saturated rings. The van der Waals surface area contributed by atoms with Gasteiger partial charge in [-0.1, -0.05) is 15.9 Å². The molecule has 146 valence electrons. The topological polar surface area (TPSA) is 71.4 Å². The van der Waals surface area contributed by atoms with Gasteiger partial charge < -0.3 is 9.88 Å². The first kappa shape index (κ1) is 19.3. The van der Waals surface area contributed by atoms with Gasteiger partial charge in [-0.3, -0.25) is 14.5 Å². The van der Waals surface area contributed by atoms with Gasteiger partial charge in [-0.2, -0.15) is 11.8 Å². The Kier molecular flexibility index (Phi) is 4.87. The van der Waals surface area contributed by atoms with Gasteiger partial charge in [0.05, 0.1) is 6.54 Å². The van der Waals surface area contributed by atoms with Crippen molar-refractivity contribution in [3.05, 3.63) is 51.8 Å². The van der Waals surface area contributed by atoms with E-state index in [2.05, 4.69) is 21.2 Å². The number of halogens is 1. The van der Waals surface area contributed by atoms with Crippen molar-refractivity contribution in [2.75, 3.05) is 18.1 Å². The first-order valence-corrected chi connectivity index (χ1v) is 11.0. The minimum absolute atomic E-state index is 0.234. The Morgan fingerprint density at radius 1 is 1.25 bits per heavy atom. The van der Waals surface area contributed by atoms with Crippen LogP contribution in [0.4, 0.5) is 4.79 Å². The number of amides is 3. The molecule has 0 bridgehead atoms.